The number of hydrogen-bond acceptors (Lipinski definition) is 3. The maximum Gasteiger partial charge on any atom is 0.169 e. The van der Waals surface area contributed by atoms with Crippen LogP contribution in [-0.4, -0.2) is 24.0 Å². The van der Waals surface area contributed by atoms with Crippen LogP contribution < -0.4 is 0 Å². The highest BCUT2D eigenvalue weighted by atomic mass is 16.7. The SMILES string of the molecule is C(=C1CCC2(CC1)OCCO2)c1ccncc1. The topological polar surface area (TPSA) is 31.4 Å². The van der Waals surface area contributed by atoms with E-state index in [2.05, 4.69) is 11.1 Å². The van der Waals surface area contributed by atoms with Crippen molar-refractivity contribution in [3.8, 4) is 0 Å². The highest BCUT2D eigenvalue weighted by molar-refractivity contribution is 5.52. The van der Waals surface area contributed by atoms with Gasteiger partial charge in [-0.25, -0.2) is 0 Å². The molecule has 1 spiro atoms. The fraction of sp³-hybridized carbons (Fsp3) is 0.500. The second-order valence-electron chi connectivity index (χ2n) is 4.69. The van der Waals surface area contributed by atoms with Gasteiger partial charge in [0, 0.05) is 25.2 Å². The van der Waals surface area contributed by atoms with E-state index in [1.807, 2.05) is 24.5 Å². The van der Waals surface area contributed by atoms with Gasteiger partial charge in [0.1, 0.15) is 0 Å². The Kier molecular flexibility index (Phi) is 2.95. The average molecular weight is 231 g/mol. The highest BCUT2D eigenvalue weighted by Crippen LogP contribution is 2.38. The van der Waals surface area contributed by atoms with Crippen LogP contribution in [0.2, 0.25) is 0 Å². The Morgan fingerprint density at radius 3 is 2.35 bits per heavy atom. The summed E-state index contributed by atoms with van der Waals surface area (Å²) in [6, 6.07) is 4.08. The van der Waals surface area contributed by atoms with Crippen LogP contribution in [-0.2, 0) is 9.47 Å². The lowest BCUT2D eigenvalue weighted by atomic mass is 9.89. The molecule has 0 N–H and O–H groups in total. The van der Waals surface area contributed by atoms with Gasteiger partial charge in [0.05, 0.1) is 13.2 Å². The van der Waals surface area contributed by atoms with Crippen molar-refractivity contribution >= 4 is 6.08 Å². The minimum absolute atomic E-state index is 0.254. The van der Waals surface area contributed by atoms with Gasteiger partial charge in [-0.3, -0.25) is 4.98 Å². The number of ether oxygens (including phenoxy) is 2. The van der Waals surface area contributed by atoms with E-state index in [0.29, 0.717) is 0 Å². The first kappa shape index (κ1) is 10.9. The van der Waals surface area contributed by atoms with E-state index in [1.165, 1.54) is 11.1 Å². The monoisotopic (exact) mass is 231 g/mol. The lowest BCUT2D eigenvalue weighted by Crippen LogP contribution is -2.33. The quantitative estimate of drug-likeness (QED) is 0.744. The van der Waals surface area contributed by atoms with Crippen LogP contribution in [0, 0.1) is 0 Å². The van der Waals surface area contributed by atoms with Crippen LogP contribution in [0.4, 0.5) is 0 Å². The maximum atomic E-state index is 5.72. The standard InChI is InChI=1S/C14H17NO2/c1-5-14(16-9-10-17-14)6-2-12(1)11-13-3-7-15-8-4-13/h3-4,7-8,11H,1-2,5-6,9-10H2. The first-order chi connectivity index (χ1) is 8.36. The molecule has 1 saturated heterocycles. The fourth-order valence-electron chi connectivity index (χ4n) is 2.58. The summed E-state index contributed by atoms with van der Waals surface area (Å²) >= 11 is 0. The zero-order chi connectivity index (χ0) is 11.6. The summed E-state index contributed by atoms with van der Waals surface area (Å²) in [5.41, 5.74) is 2.72. The van der Waals surface area contributed by atoms with Gasteiger partial charge in [-0.1, -0.05) is 11.6 Å². The molecule has 3 nitrogen and oxygen atoms in total. The molecule has 0 bridgehead atoms. The molecule has 2 fully saturated rings. The first-order valence-corrected chi connectivity index (χ1v) is 6.24. The molecule has 0 aromatic carbocycles. The zero-order valence-corrected chi connectivity index (χ0v) is 9.89. The van der Waals surface area contributed by atoms with E-state index in [9.17, 15) is 0 Å². The second kappa shape index (κ2) is 4.59. The molecule has 2 heterocycles. The van der Waals surface area contributed by atoms with Crippen LogP contribution in [0.15, 0.2) is 30.1 Å². The minimum atomic E-state index is -0.254. The maximum absolute atomic E-state index is 5.72. The Hall–Kier alpha value is -1.19. The Labute approximate surface area is 101 Å². The smallest absolute Gasteiger partial charge is 0.169 e. The van der Waals surface area contributed by atoms with Crippen LogP contribution in [0.25, 0.3) is 6.08 Å². The largest absolute Gasteiger partial charge is 0.348 e. The van der Waals surface area contributed by atoms with Gasteiger partial charge in [-0.2, -0.15) is 0 Å². The van der Waals surface area contributed by atoms with Gasteiger partial charge < -0.3 is 9.47 Å². The van der Waals surface area contributed by atoms with Crippen molar-refractivity contribution in [2.45, 2.75) is 31.5 Å². The molecule has 2 aliphatic rings. The Balaban J connectivity index is 1.67. The Morgan fingerprint density at radius 2 is 1.71 bits per heavy atom. The summed E-state index contributed by atoms with van der Waals surface area (Å²) in [4.78, 5) is 4.03. The molecule has 3 rings (SSSR count). The summed E-state index contributed by atoms with van der Waals surface area (Å²) in [6.07, 6.45) is 10.1. The van der Waals surface area contributed by atoms with Crippen molar-refractivity contribution in [2.75, 3.05) is 13.2 Å². The second-order valence-corrected chi connectivity index (χ2v) is 4.69. The van der Waals surface area contributed by atoms with Crippen molar-refractivity contribution in [3.05, 3.63) is 35.7 Å². The predicted molar refractivity (Wildman–Crippen MR) is 65.3 cm³/mol. The van der Waals surface area contributed by atoms with E-state index in [1.54, 1.807) is 0 Å². The first-order valence-electron chi connectivity index (χ1n) is 6.24. The van der Waals surface area contributed by atoms with Crippen LogP contribution in [0.1, 0.15) is 31.2 Å². The van der Waals surface area contributed by atoms with Crippen molar-refractivity contribution in [2.24, 2.45) is 0 Å². The van der Waals surface area contributed by atoms with Crippen molar-refractivity contribution in [3.63, 3.8) is 0 Å². The van der Waals surface area contributed by atoms with E-state index >= 15 is 0 Å². The van der Waals surface area contributed by atoms with E-state index < -0.39 is 0 Å². The van der Waals surface area contributed by atoms with Gasteiger partial charge in [-0.05, 0) is 30.5 Å². The molecule has 1 aromatic rings. The number of nitrogens with zero attached hydrogens (tertiary/aromatic N) is 1. The predicted octanol–water partition coefficient (Wildman–Crippen LogP) is 2.78. The third kappa shape index (κ3) is 2.40. The summed E-state index contributed by atoms with van der Waals surface area (Å²) in [7, 11) is 0. The number of hydrogen-bond donors (Lipinski definition) is 0. The van der Waals surface area contributed by atoms with Gasteiger partial charge >= 0.3 is 0 Å². The zero-order valence-electron chi connectivity index (χ0n) is 9.89. The molecule has 90 valence electrons. The van der Waals surface area contributed by atoms with E-state index in [4.69, 9.17) is 9.47 Å². The van der Waals surface area contributed by atoms with Crippen LogP contribution in [0.5, 0.6) is 0 Å². The van der Waals surface area contributed by atoms with Crippen molar-refractivity contribution < 1.29 is 9.47 Å². The molecule has 0 atom stereocenters. The molecule has 0 radical (unpaired) electrons. The van der Waals surface area contributed by atoms with Gasteiger partial charge in [0.25, 0.3) is 0 Å². The number of rotatable bonds is 1. The molecule has 0 unspecified atom stereocenters. The van der Waals surface area contributed by atoms with E-state index in [0.717, 1.165) is 38.9 Å². The molecule has 1 aliphatic heterocycles. The van der Waals surface area contributed by atoms with Crippen molar-refractivity contribution in [1.29, 1.82) is 0 Å². The number of pyridine rings is 1. The molecule has 1 saturated carbocycles. The minimum Gasteiger partial charge on any atom is -0.348 e. The van der Waals surface area contributed by atoms with Gasteiger partial charge in [-0.15, -0.1) is 0 Å². The lowest BCUT2D eigenvalue weighted by Gasteiger charge is -2.32. The summed E-state index contributed by atoms with van der Waals surface area (Å²) in [5.74, 6) is -0.254. The summed E-state index contributed by atoms with van der Waals surface area (Å²) in [5, 5.41) is 0. The van der Waals surface area contributed by atoms with Gasteiger partial charge in [0.15, 0.2) is 5.79 Å². The molecule has 0 amide bonds. The van der Waals surface area contributed by atoms with Crippen molar-refractivity contribution in [1.82, 2.24) is 4.98 Å². The average Bonchev–Trinajstić information content (AvgIpc) is 2.83. The summed E-state index contributed by atoms with van der Waals surface area (Å²) in [6.45, 7) is 1.51. The molecule has 1 aromatic heterocycles. The summed E-state index contributed by atoms with van der Waals surface area (Å²) < 4.78 is 11.4. The number of allylic oxidation sites excluding steroid dienone is 1. The highest BCUT2D eigenvalue weighted by Gasteiger charge is 2.38. The molecular formula is C14H17NO2. The molecule has 1 aliphatic carbocycles. The fourth-order valence-corrected chi connectivity index (χ4v) is 2.58. The third-order valence-corrected chi connectivity index (χ3v) is 3.54. The number of aromatic nitrogens is 1. The normalized spacial score (nSPS) is 22.9. The van der Waals surface area contributed by atoms with Crippen LogP contribution >= 0.6 is 0 Å². The molecular weight excluding hydrogens is 214 g/mol. The Morgan fingerprint density at radius 1 is 1.06 bits per heavy atom. The van der Waals surface area contributed by atoms with E-state index in [-0.39, 0.29) is 5.79 Å². The Bertz CT molecular complexity index is 395. The molecule has 3 heteroatoms. The van der Waals surface area contributed by atoms with Gasteiger partial charge in [0.2, 0.25) is 0 Å². The third-order valence-electron chi connectivity index (χ3n) is 3.54. The van der Waals surface area contributed by atoms with Crippen LogP contribution in [0.3, 0.4) is 0 Å². The lowest BCUT2D eigenvalue weighted by molar-refractivity contribution is -0.171. The molecule has 17 heavy (non-hydrogen) atoms.